The van der Waals surface area contributed by atoms with Crippen LogP contribution >= 0.6 is 0 Å². The SMILES string of the molecule is CC(C)=C1[C@@H]2c3cc4ccccc4cc3[C@H]1c1cc3cc4ccccc4cc3cc12. The molecule has 0 aromatic heterocycles. The predicted molar refractivity (Wildman–Crippen MR) is 127 cm³/mol. The Hall–Kier alpha value is -3.38. The molecule has 2 atom stereocenters. The average molecular weight is 383 g/mol. The van der Waals surface area contributed by atoms with Crippen molar-refractivity contribution in [3.05, 3.63) is 118 Å². The first-order valence-electron chi connectivity index (χ1n) is 10.9. The fourth-order valence-electron chi connectivity index (χ4n) is 6.05. The molecule has 2 aliphatic rings. The van der Waals surface area contributed by atoms with Gasteiger partial charge in [0.2, 0.25) is 0 Å². The summed E-state index contributed by atoms with van der Waals surface area (Å²) in [5.74, 6) is 0.816. The van der Waals surface area contributed by atoms with E-state index in [1.165, 1.54) is 60.1 Å². The summed E-state index contributed by atoms with van der Waals surface area (Å²) in [4.78, 5) is 0. The minimum Gasteiger partial charge on any atom is -0.0753 e. The molecular formula is C30H22. The molecule has 0 N–H and O–H groups in total. The van der Waals surface area contributed by atoms with E-state index in [1.807, 2.05) is 0 Å². The van der Waals surface area contributed by atoms with Crippen molar-refractivity contribution < 1.29 is 0 Å². The van der Waals surface area contributed by atoms with Crippen LogP contribution in [0.4, 0.5) is 0 Å². The summed E-state index contributed by atoms with van der Waals surface area (Å²) in [6.45, 7) is 4.58. The van der Waals surface area contributed by atoms with Gasteiger partial charge in [0.15, 0.2) is 0 Å². The van der Waals surface area contributed by atoms with Gasteiger partial charge in [0, 0.05) is 11.8 Å². The number of benzene rings is 5. The Morgan fingerprint density at radius 3 is 1.17 bits per heavy atom. The maximum Gasteiger partial charge on any atom is 0.0317 e. The fourth-order valence-corrected chi connectivity index (χ4v) is 6.05. The lowest BCUT2D eigenvalue weighted by molar-refractivity contribution is 0.982. The lowest BCUT2D eigenvalue weighted by Gasteiger charge is -2.20. The molecule has 0 heterocycles. The Morgan fingerprint density at radius 2 is 0.800 bits per heavy atom. The third kappa shape index (κ3) is 2.01. The van der Waals surface area contributed by atoms with Crippen molar-refractivity contribution in [1.29, 1.82) is 0 Å². The monoisotopic (exact) mass is 382 g/mol. The standard InChI is InChI=1S/C30H22/c1-17(2)28-29-24-13-20-9-5-6-10-21(20)14-25(24)30(28)27-16-23-12-19-8-4-3-7-18(19)11-22(23)15-26(27)29/h3-16,29-30H,1-2H3/t29-,30+. The number of allylic oxidation sites excluding steroid dienone is 2. The molecule has 0 unspecified atom stereocenters. The topological polar surface area (TPSA) is 0 Å². The summed E-state index contributed by atoms with van der Waals surface area (Å²) in [7, 11) is 0. The Balaban J connectivity index is 1.55. The van der Waals surface area contributed by atoms with Crippen molar-refractivity contribution in [1.82, 2.24) is 0 Å². The van der Waals surface area contributed by atoms with Crippen LogP contribution in [0.25, 0.3) is 32.3 Å². The lowest BCUT2D eigenvalue weighted by Crippen LogP contribution is -2.03. The van der Waals surface area contributed by atoms with Gasteiger partial charge < -0.3 is 0 Å². The van der Waals surface area contributed by atoms with Gasteiger partial charge in [-0.25, -0.2) is 0 Å². The molecule has 0 fully saturated rings. The first kappa shape index (κ1) is 16.4. The molecule has 2 bridgehead atoms. The van der Waals surface area contributed by atoms with Crippen LogP contribution in [0.1, 0.15) is 47.9 Å². The zero-order valence-electron chi connectivity index (χ0n) is 17.2. The van der Waals surface area contributed by atoms with Crippen molar-refractivity contribution in [3.8, 4) is 0 Å². The molecule has 0 aliphatic heterocycles. The van der Waals surface area contributed by atoms with E-state index in [9.17, 15) is 0 Å². The highest BCUT2D eigenvalue weighted by Gasteiger charge is 2.46. The quantitative estimate of drug-likeness (QED) is 0.188. The van der Waals surface area contributed by atoms with E-state index in [4.69, 9.17) is 0 Å². The second kappa shape index (κ2) is 5.61. The van der Waals surface area contributed by atoms with Crippen LogP contribution in [0.2, 0.25) is 0 Å². The summed E-state index contributed by atoms with van der Waals surface area (Å²) < 4.78 is 0. The van der Waals surface area contributed by atoms with Crippen LogP contribution in [0, 0.1) is 0 Å². The number of hydrogen-bond donors (Lipinski definition) is 0. The van der Waals surface area contributed by atoms with Crippen LogP contribution in [0.15, 0.2) is 96.1 Å². The van der Waals surface area contributed by atoms with Crippen LogP contribution < -0.4 is 0 Å². The van der Waals surface area contributed by atoms with Gasteiger partial charge >= 0.3 is 0 Å². The Morgan fingerprint density at radius 1 is 0.467 bits per heavy atom. The summed E-state index contributed by atoms with van der Waals surface area (Å²) in [5, 5.41) is 8.06. The average Bonchev–Trinajstić information content (AvgIpc) is 3.26. The predicted octanol–water partition coefficient (Wildman–Crippen LogP) is 8.07. The summed E-state index contributed by atoms with van der Waals surface area (Å²) in [6.07, 6.45) is 0. The molecule has 2 aliphatic carbocycles. The number of hydrogen-bond acceptors (Lipinski definition) is 0. The molecule has 0 nitrogen and oxygen atoms in total. The molecule has 5 aromatic rings. The van der Waals surface area contributed by atoms with Gasteiger partial charge in [0.1, 0.15) is 0 Å². The first-order chi connectivity index (χ1) is 14.7. The van der Waals surface area contributed by atoms with Gasteiger partial charge in [-0.05, 0) is 110 Å². The maximum absolute atomic E-state index is 2.48. The highest BCUT2D eigenvalue weighted by atomic mass is 14.5. The van der Waals surface area contributed by atoms with Crippen LogP contribution in [0.5, 0.6) is 0 Å². The summed E-state index contributed by atoms with van der Waals surface area (Å²) >= 11 is 0. The minimum absolute atomic E-state index is 0.408. The maximum atomic E-state index is 2.48. The van der Waals surface area contributed by atoms with Gasteiger partial charge in [0.05, 0.1) is 0 Å². The van der Waals surface area contributed by atoms with Gasteiger partial charge in [0.25, 0.3) is 0 Å². The third-order valence-electron chi connectivity index (χ3n) is 7.30. The highest BCUT2D eigenvalue weighted by molar-refractivity contribution is 6.00. The summed E-state index contributed by atoms with van der Waals surface area (Å²) in [6, 6.07) is 32.1. The fraction of sp³-hybridized carbons (Fsp3) is 0.133. The molecule has 30 heavy (non-hydrogen) atoms. The molecule has 142 valence electrons. The number of fused-ring (bicyclic) bond motifs is 11. The molecule has 0 heteroatoms. The molecule has 5 aromatic carbocycles. The van der Waals surface area contributed by atoms with Crippen molar-refractivity contribution in [2.75, 3.05) is 0 Å². The van der Waals surface area contributed by atoms with Crippen molar-refractivity contribution in [2.24, 2.45) is 0 Å². The van der Waals surface area contributed by atoms with E-state index in [2.05, 4.69) is 98.8 Å². The number of rotatable bonds is 0. The normalized spacial score (nSPS) is 18.9. The first-order valence-corrected chi connectivity index (χ1v) is 10.9. The highest BCUT2D eigenvalue weighted by Crippen LogP contribution is 2.61. The van der Waals surface area contributed by atoms with Crippen LogP contribution in [-0.4, -0.2) is 0 Å². The van der Waals surface area contributed by atoms with Crippen LogP contribution in [0.3, 0.4) is 0 Å². The van der Waals surface area contributed by atoms with Crippen molar-refractivity contribution >= 4 is 32.3 Å². The summed E-state index contributed by atoms with van der Waals surface area (Å²) in [5.41, 5.74) is 9.14. The van der Waals surface area contributed by atoms with Gasteiger partial charge in [-0.3, -0.25) is 0 Å². The van der Waals surface area contributed by atoms with E-state index in [-0.39, 0.29) is 0 Å². The van der Waals surface area contributed by atoms with E-state index in [0.29, 0.717) is 11.8 Å². The van der Waals surface area contributed by atoms with E-state index < -0.39 is 0 Å². The third-order valence-corrected chi connectivity index (χ3v) is 7.30. The molecule has 0 amide bonds. The minimum atomic E-state index is 0.408. The molecular weight excluding hydrogens is 360 g/mol. The molecule has 0 radical (unpaired) electrons. The second-order valence-corrected chi connectivity index (χ2v) is 9.18. The van der Waals surface area contributed by atoms with Gasteiger partial charge in [-0.1, -0.05) is 54.1 Å². The molecule has 0 spiro atoms. The zero-order valence-corrected chi connectivity index (χ0v) is 17.2. The lowest BCUT2D eigenvalue weighted by atomic mass is 9.83. The molecule has 0 saturated heterocycles. The zero-order chi connectivity index (χ0) is 20.0. The van der Waals surface area contributed by atoms with Gasteiger partial charge in [-0.15, -0.1) is 0 Å². The largest absolute Gasteiger partial charge is 0.0753 e. The molecule has 0 saturated carbocycles. The van der Waals surface area contributed by atoms with Gasteiger partial charge in [-0.2, -0.15) is 0 Å². The van der Waals surface area contributed by atoms with E-state index >= 15 is 0 Å². The van der Waals surface area contributed by atoms with Crippen LogP contribution in [-0.2, 0) is 0 Å². The second-order valence-electron chi connectivity index (χ2n) is 9.18. The van der Waals surface area contributed by atoms with Crippen molar-refractivity contribution in [3.63, 3.8) is 0 Å². The smallest absolute Gasteiger partial charge is 0.0317 e. The Labute approximate surface area is 176 Å². The Kier molecular flexibility index (Phi) is 3.07. The van der Waals surface area contributed by atoms with Crippen molar-refractivity contribution in [2.45, 2.75) is 25.7 Å². The van der Waals surface area contributed by atoms with E-state index in [0.717, 1.165) is 0 Å². The molecule has 7 rings (SSSR count). The Bertz CT molecular complexity index is 1450. The van der Waals surface area contributed by atoms with E-state index in [1.54, 1.807) is 5.57 Å².